The highest BCUT2D eigenvalue weighted by atomic mass is 16.6. The van der Waals surface area contributed by atoms with E-state index in [9.17, 15) is 0 Å². The fraction of sp³-hybridized carbons (Fsp3) is 0.800. The molecule has 1 aliphatic rings. The molecule has 1 aliphatic heterocycles. The van der Waals surface area contributed by atoms with Crippen LogP contribution >= 0.6 is 0 Å². The first-order valence-corrected chi connectivity index (χ1v) is 4.50. The Kier molecular flexibility index (Phi) is 2.91. The lowest BCUT2D eigenvalue weighted by atomic mass is 10.0. The molecule has 2 atom stereocenters. The summed E-state index contributed by atoms with van der Waals surface area (Å²) in [5.74, 6) is 0. The second kappa shape index (κ2) is 3.58. The third kappa shape index (κ3) is 2.32. The summed E-state index contributed by atoms with van der Waals surface area (Å²) in [6, 6.07) is 0. The van der Waals surface area contributed by atoms with Crippen LogP contribution in [0.1, 0.15) is 33.6 Å². The Bertz CT molecular complexity index is 182. The molecule has 0 aromatic carbocycles. The molecule has 0 radical (unpaired) electrons. The van der Waals surface area contributed by atoms with Crippen molar-refractivity contribution in [3.8, 4) is 0 Å². The molecule has 0 saturated carbocycles. The Hall–Kier alpha value is -0.340. The van der Waals surface area contributed by atoms with Crippen LogP contribution in [0.3, 0.4) is 0 Å². The zero-order valence-corrected chi connectivity index (χ0v) is 8.13. The largest absolute Gasteiger partial charge is 0.396 e. The van der Waals surface area contributed by atoms with E-state index in [0.717, 1.165) is 12.8 Å². The van der Waals surface area contributed by atoms with Gasteiger partial charge in [-0.15, -0.1) is 0 Å². The first-order chi connectivity index (χ1) is 5.58. The van der Waals surface area contributed by atoms with Gasteiger partial charge in [0.1, 0.15) is 0 Å². The predicted molar refractivity (Wildman–Crippen MR) is 49.0 cm³/mol. The normalized spacial score (nSPS) is 33.2. The Morgan fingerprint density at radius 2 is 2.25 bits per heavy atom. The number of aliphatic hydroxyl groups excluding tert-OH is 1. The summed E-state index contributed by atoms with van der Waals surface area (Å²) in [5.41, 5.74) is 1.29. The van der Waals surface area contributed by atoms with Gasteiger partial charge in [-0.2, -0.15) is 0 Å². The molecular formula is C10H18O2. The van der Waals surface area contributed by atoms with Crippen LogP contribution in [0.2, 0.25) is 0 Å². The third-order valence-electron chi connectivity index (χ3n) is 2.38. The summed E-state index contributed by atoms with van der Waals surface area (Å²) >= 11 is 0. The van der Waals surface area contributed by atoms with Gasteiger partial charge in [0.05, 0.1) is 11.7 Å². The van der Waals surface area contributed by atoms with E-state index in [1.165, 1.54) is 5.57 Å². The maximum absolute atomic E-state index is 8.74. The number of ether oxygens (including phenoxy) is 1. The summed E-state index contributed by atoms with van der Waals surface area (Å²) in [7, 11) is 0. The molecule has 0 aromatic heterocycles. The Morgan fingerprint density at radius 3 is 2.75 bits per heavy atom. The van der Waals surface area contributed by atoms with Crippen molar-refractivity contribution in [3.05, 3.63) is 11.6 Å². The zero-order valence-electron chi connectivity index (χ0n) is 8.13. The summed E-state index contributed by atoms with van der Waals surface area (Å²) < 4.78 is 5.49. The second-order valence-electron chi connectivity index (χ2n) is 3.91. The lowest BCUT2D eigenvalue weighted by Crippen LogP contribution is -2.11. The zero-order chi connectivity index (χ0) is 9.19. The molecule has 0 bridgehead atoms. The van der Waals surface area contributed by atoms with Gasteiger partial charge in [-0.25, -0.2) is 0 Å². The molecule has 2 unspecified atom stereocenters. The monoisotopic (exact) mass is 170 g/mol. The molecule has 70 valence electrons. The van der Waals surface area contributed by atoms with E-state index in [0.29, 0.717) is 6.10 Å². The Labute approximate surface area is 74.2 Å². The molecule has 0 spiro atoms. The van der Waals surface area contributed by atoms with Gasteiger partial charge in [0.2, 0.25) is 0 Å². The van der Waals surface area contributed by atoms with Gasteiger partial charge in [0, 0.05) is 13.0 Å². The highest BCUT2D eigenvalue weighted by Gasteiger charge is 2.50. The van der Waals surface area contributed by atoms with Gasteiger partial charge in [-0.05, 0) is 27.2 Å². The smallest absolute Gasteiger partial charge is 0.0945 e. The molecule has 12 heavy (non-hydrogen) atoms. The number of aliphatic hydroxyl groups is 1. The van der Waals surface area contributed by atoms with Crippen molar-refractivity contribution in [1.82, 2.24) is 0 Å². The molecule has 0 amide bonds. The van der Waals surface area contributed by atoms with Crippen LogP contribution in [-0.2, 0) is 4.74 Å². The quantitative estimate of drug-likeness (QED) is 0.516. The van der Waals surface area contributed by atoms with E-state index >= 15 is 0 Å². The fourth-order valence-electron chi connectivity index (χ4n) is 1.37. The van der Waals surface area contributed by atoms with Crippen LogP contribution in [0.25, 0.3) is 0 Å². The molecular weight excluding hydrogens is 152 g/mol. The second-order valence-corrected chi connectivity index (χ2v) is 3.91. The number of rotatable bonds is 4. The summed E-state index contributed by atoms with van der Waals surface area (Å²) in [4.78, 5) is 0. The molecule has 1 saturated heterocycles. The number of allylic oxidation sites excluding steroid dienone is 1. The van der Waals surface area contributed by atoms with E-state index in [2.05, 4.69) is 26.8 Å². The minimum absolute atomic E-state index is 0.0410. The van der Waals surface area contributed by atoms with Gasteiger partial charge in [0.25, 0.3) is 0 Å². The van der Waals surface area contributed by atoms with Crippen LogP contribution < -0.4 is 0 Å². The fourth-order valence-corrected chi connectivity index (χ4v) is 1.37. The Morgan fingerprint density at radius 1 is 1.58 bits per heavy atom. The summed E-state index contributed by atoms with van der Waals surface area (Å²) in [6.07, 6.45) is 4.26. The molecule has 1 rings (SSSR count). The molecule has 1 fully saturated rings. The average molecular weight is 170 g/mol. The van der Waals surface area contributed by atoms with Gasteiger partial charge in [0.15, 0.2) is 0 Å². The van der Waals surface area contributed by atoms with Crippen molar-refractivity contribution in [1.29, 1.82) is 0 Å². The number of hydrogen-bond donors (Lipinski definition) is 1. The first kappa shape index (κ1) is 9.75. The van der Waals surface area contributed by atoms with Gasteiger partial charge in [-0.1, -0.05) is 11.6 Å². The van der Waals surface area contributed by atoms with E-state index in [1.54, 1.807) is 0 Å². The highest BCUT2D eigenvalue weighted by molar-refractivity contribution is 5.05. The number of hydrogen-bond acceptors (Lipinski definition) is 2. The standard InChI is InChI=1S/C10H18O2/c1-8(2)4-5-9-10(3,12-9)6-7-11/h4,9,11H,5-7H2,1-3H3. The SMILES string of the molecule is CC(C)=CCC1OC1(C)CCO. The molecule has 1 N–H and O–H groups in total. The average Bonchev–Trinajstić information content (AvgIpc) is 2.58. The van der Waals surface area contributed by atoms with Crippen molar-refractivity contribution in [2.45, 2.75) is 45.3 Å². The molecule has 0 aliphatic carbocycles. The van der Waals surface area contributed by atoms with Crippen LogP contribution in [-0.4, -0.2) is 23.4 Å². The maximum Gasteiger partial charge on any atom is 0.0945 e. The lowest BCUT2D eigenvalue weighted by Gasteiger charge is -2.00. The molecule has 1 heterocycles. The predicted octanol–water partition coefficient (Wildman–Crippen LogP) is 1.88. The van der Waals surface area contributed by atoms with E-state index in [-0.39, 0.29) is 12.2 Å². The van der Waals surface area contributed by atoms with Crippen molar-refractivity contribution in [3.63, 3.8) is 0 Å². The van der Waals surface area contributed by atoms with Crippen molar-refractivity contribution < 1.29 is 9.84 Å². The van der Waals surface area contributed by atoms with Crippen molar-refractivity contribution in [2.24, 2.45) is 0 Å². The summed E-state index contributed by atoms with van der Waals surface area (Å²) in [5, 5.41) is 8.74. The van der Waals surface area contributed by atoms with Crippen LogP contribution in [0.15, 0.2) is 11.6 Å². The third-order valence-corrected chi connectivity index (χ3v) is 2.38. The summed E-state index contributed by atoms with van der Waals surface area (Å²) in [6.45, 7) is 6.46. The molecule has 2 nitrogen and oxygen atoms in total. The van der Waals surface area contributed by atoms with E-state index < -0.39 is 0 Å². The van der Waals surface area contributed by atoms with Gasteiger partial charge < -0.3 is 9.84 Å². The van der Waals surface area contributed by atoms with Crippen LogP contribution in [0, 0.1) is 0 Å². The van der Waals surface area contributed by atoms with Crippen LogP contribution in [0.5, 0.6) is 0 Å². The maximum atomic E-state index is 8.74. The first-order valence-electron chi connectivity index (χ1n) is 4.50. The minimum atomic E-state index is -0.0410. The van der Waals surface area contributed by atoms with Crippen molar-refractivity contribution in [2.75, 3.05) is 6.61 Å². The minimum Gasteiger partial charge on any atom is -0.396 e. The molecule has 0 aromatic rings. The Balaban J connectivity index is 2.27. The number of epoxide rings is 1. The van der Waals surface area contributed by atoms with Gasteiger partial charge >= 0.3 is 0 Å². The van der Waals surface area contributed by atoms with Crippen LogP contribution in [0.4, 0.5) is 0 Å². The highest BCUT2D eigenvalue weighted by Crippen LogP contribution is 2.41. The lowest BCUT2D eigenvalue weighted by molar-refractivity contribution is 0.223. The van der Waals surface area contributed by atoms with E-state index in [1.807, 2.05) is 0 Å². The van der Waals surface area contributed by atoms with E-state index in [4.69, 9.17) is 9.84 Å². The topological polar surface area (TPSA) is 32.8 Å². The molecule has 2 heteroatoms. The van der Waals surface area contributed by atoms with Gasteiger partial charge in [-0.3, -0.25) is 0 Å². The van der Waals surface area contributed by atoms with Crippen molar-refractivity contribution >= 4 is 0 Å².